The van der Waals surface area contributed by atoms with Crippen LogP contribution in [0.25, 0.3) is 10.9 Å². The van der Waals surface area contributed by atoms with Gasteiger partial charge in [0.2, 0.25) is 0 Å². The van der Waals surface area contributed by atoms with Crippen molar-refractivity contribution in [3.63, 3.8) is 0 Å². The van der Waals surface area contributed by atoms with Crippen molar-refractivity contribution in [3.8, 4) is 0 Å². The predicted octanol–water partition coefficient (Wildman–Crippen LogP) is 3.56. The van der Waals surface area contributed by atoms with Crippen LogP contribution in [0.5, 0.6) is 0 Å². The fraction of sp³-hybridized carbons (Fsp3) is 0.308. The quantitative estimate of drug-likeness (QED) is 0.767. The van der Waals surface area contributed by atoms with E-state index in [9.17, 15) is 5.11 Å². The summed E-state index contributed by atoms with van der Waals surface area (Å²) in [7, 11) is 0. The van der Waals surface area contributed by atoms with E-state index < -0.39 is 6.10 Å². The van der Waals surface area contributed by atoms with Crippen molar-refractivity contribution in [2.24, 2.45) is 0 Å². The van der Waals surface area contributed by atoms with Gasteiger partial charge in [0, 0.05) is 10.9 Å². The Bertz CT molecular complexity index is 549. The highest BCUT2D eigenvalue weighted by molar-refractivity contribution is 6.30. The van der Waals surface area contributed by atoms with Gasteiger partial charge in [0.25, 0.3) is 0 Å². The molecule has 0 aliphatic heterocycles. The normalized spacial score (nSPS) is 13.1. The third-order valence-electron chi connectivity index (χ3n) is 2.83. The molecule has 0 aliphatic carbocycles. The van der Waals surface area contributed by atoms with Gasteiger partial charge in [-0.1, -0.05) is 23.7 Å². The van der Waals surface area contributed by atoms with E-state index in [0.717, 1.165) is 22.0 Å². The maximum absolute atomic E-state index is 9.60. The molecule has 16 heavy (non-hydrogen) atoms. The Labute approximate surface area is 99.9 Å². The molecule has 1 N–H and O–H groups in total. The van der Waals surface area contributed by atoms with E-state index in [-0.39, 0.29) is 0 Å². The Morgan fingerprint density at radius 3 is 2.50 bits per heavy atom. The molecule has 0 fully saturated rings. The van der Waals surface area contributed by atoms with Gasteiger partial charge in [0.05, 0.1) is 11.6 Å². The lowest BCUT2D eigenvalue weighted by Crippen LogP contribution is -1.97. The first-order valence-electron chi connectivity index (χ1n) is 5.25. The predicted molar refractivity (Wildman–Crippen MR) is 66.9 cm³/mol. The van der Waals surface area contributed by atoms with Gasteiger partial charge in [0.1, 0.15) is 5.15 Å². The van der Waals surface area contributed by atoms with Gasteiger partial charge in [-0.25, -0.2) is 4.98 Å². The smallest absolute Gasteiger partial charge is 0.135 e. The number of halogens is 1. The number of hydrogen-bond acceptors (Lipinski definition) is 2. The number of benzene rings is 1. The third-order valence-corrected chi connectivity index (χ3v) is 3.14. The van der Waals surface area contributed by atoms with E-state index in [1.807, 2.05) is 26.0 Å². The molecule has 1 aromatic carbocycles. The average molecular weight is 236 g/mol. The SMILES string of the molecule is Cc1ccc(C)c2nc(Cl)c([C@@H](C)O)cc12. The molecule has 2 aromatic rings. The lowest BCUT2D eigenvalue weighted by Gasteiger charge is -2.11. The van der Waals surface area contributed by atoms with Crippen molar-refractivity contribution in [1.29, 1.82) is 0 Å². The van der Waals surface area contributed by atoms with Crippen LogP contribution in [0.15, 0.2) is 18.2 Å². The zero-order valence-electron chi connectivity index (χ0n) is 9.58. The van der Waals surface area contributed by atoms with Crippen LogP contribution in [-0.4, -0.2) is 10.1 Å². The van der Waals surface area contributed by atoms with E-state index in [1.165, 1.54) is 0 Å². The number of pyridine rings is 1. The van der Waals surface area contributed by atoms with Crippen LogP contribution in [-0.2, 0) is 0 Å². The second-order valence-corrected chi connectivity index (χ2v) is 4.50. The van der Waals surface area contributed by atoms with E-state index >= 15 is 0 Å². The molecule has 2 rings (SSSR count). The van der Waals surface area contributed by atoms with Crippen LogP contribution >= 0.6 is 11.6 Å². The second kappa shape index (κ2) is 4.04. The van der Waals surface area contributed by atoms with Crippen LogP contribution in [0.4, 0.5) is 0 Å². The molecule has 0 bridgehead atoms. The summed E-state index contributed by atoms with van der Waals surface area (Å²) in [4.78, 5) is 4.36. The summed E-state index contributed by atoms with van der Waals surface area (Å²) in [6.45, 7) is 5.73. The minimum Gasteiger partial charge on any atom is -0.389 e. The summed E-state index contributed by atoms with van der Waals surface area (Å²) >= 11 is 6.05. The Morgan fingerprint density at radius 2 is 1.88 bits per heavy atom. The van der Waals surface area contributed by atoms with Crippen LogP contribution in [0.3, 0.4) is 0 Å². The molecule has 84 valence electrons. The molecular formula is C13H14ClNO. The van der Waals surface area contributed by atoms with Crippen molar-refractivity contribution < 1.29 is 5.11 Å². The van der Waals surface area contributed by atoms with Crippen LogP contribution in [0.2, 0.25) is 5.15 Å². The number of hydrogen-bond donors (Lipinski definition) is 1. The number of aliphatic hydroxyl groups excluding tert-OH is 1. The van der Waals surface area contributed by atoms with E-state index in [0.29, 0.717) is 10.7 Å². The first-order chi connectivity index (χ1) is 7.50. The highest BCUT2D eigenvalue weighted by Crippen LogP contribution is 2.28. The molecular weight excluding hydrogens is 222 g/mol. The Morgan fingerprint density at radius 1 is 1.25 bits per heavy atom. The summed E-state index contributed by atoms with van der Waals surface area (Å²) in [6, 6.07) is 6.01. The summed E-state index contributed by atoms with van der Waals surface area (Å²) in [5.41, 5.74) is 3.84. The maximum atomic E-state index is 9.60. The second-order valence-electron chi connectivity index (χ2n) is 4.14. The molecule has 1 aromatic heterocycles. The fourth-order valence-electron chi connectivity index (χ4n) is 1.82. The number of rotatable bonds is 1. The van der Waals surface area contributed by atoms with Crippen molar-refractivity contribution in [2.45, 2.75) is 26.9 Å². The first kappa shape index (κ1) is 11.4. The maximum Gasteiger partial charge on any atom is 0.135 e. The summed E-state index contributed by atoms with van der Waals surface area (Å²) < 4.78 is 0. The monoisotopic (exact) mass is 235 g/mol. The summed E-state index contributed by atoms with van der Waals surface area (Å²) in [5, 5.41) is 11.0. The zero-order valence-corrected chi connectivity index (χ0v) is 10.3. The highest BCUT2D eigenvalue weighted by Gasteiger charge is 2.11. The van der Waals surface area contributed by atoms with Gasteiger partial charge in [-0.15, -0.1) is 0 Å². The molecule has 0 unspecified atom stereocenters. The lowest BCUT2D eigenvalue weighted by molar-refractivity contribution is 0.199. The Balaban J connectivity index is 2.84. The minimum atomic E-state index is -0.593. The Hall–Kier alpha value is -1.12. The van der Waals surface area contributed by atoms with Crippen molar-refractivity contribution in [3.05, 3.63) is 40.0 Å². The first-order valence-corrected chi connectivity index (χ1v) is 5.63. The molecule has 0 amide bonds. The number of aryl methyl sites for hydroxylation is 2. The Kier molecular flexibility index (Phi) is 2.87. The topological polar surface area (TPSA) is 33.1 Å². The van der Waals surface area contributed by atoms with E-state index in [1.54, 1.807) is 6.92 Å². The molecule has 1 heterocycles. The standard InChI is InChI=1S/C13H14ClNO/c1-7-4-5-8(2)12-10(7)6-11(9(3)16)13(14)15-12/h4-6,9,16H,1-3H3/t9-/m1/s1. The summed E-state index contributed by atoms with van der Waals surface area (Å²) in [5.74, 6) is 0. The zero-order chi connectivity index (χ0) is 11.9. The van der Waals surface area contributed by atoms with Gasteiger partial charge < -0.3 is 5.11 Å². The van der Waals surface area contributed by atoms with E-state index in [4.69, 9.17) is 11.6 Å². The van der Waals surface area contributed by atoms with Gasteiger partial charge in [-0.3, -0.25) is 0 Å². The molecule has 0 spiro atoms. The molecule has 0 aliphatic rings. The number of aliphatic hydroxyl groups is 1. The highest BCUT2D eigenvalue weighted by atomic mass is 35.5. The number of nitrogens with zero attached hydrogens (tertiary/aromatic N) is 1. The van der Waals surface area contributed by atoms with Gasteiger partial charge in [-0.05, 0) is 38.0 Å². The average Bonchev–Trinajstić information content (AvgIpc) is 2.23. The van der Waals surface area contributed by atoms with Gasteiger partial charge >= 0.3 is 0 Å². The van der Waals surface area contributed by atoms with Gasteiger partial charge in [-0.2, -0.15) is 0 Å². The summed E-state index contributed by atoms with van der Waals surface area (Å²) in [6.07, 6.45) is -0.593. The molecule has 0 saturated heterocycles. The molecule has 2 nitrogen and oxygen atoms in total. The number of aromatic nitrogens is 1. The lowest BCUT2D eigenvalue weighted by atomic mass is 10.0. The van der Waals surface area contributed by atoms with Crippen molar-refractivity contribution in [1.82, 2.24) is 4.98 Å². The molecule has 1 atom stereocenters. The number of fused-ring (bicyclic) bond motifs is 1. The third kappa shape index (κ3) is 1.79. The van der Waals surface area contributed by atoms with Crippen LogP contribution < -0.4 is 0 Å². The van der Waals surface area contributed by atoms with Crippen LogP contribution in [0.1, 0.15) is 29.7 Å². The fourth-order valence-corrected chi connectivity index (χ4v) is 2.12. The van der Waals surface area contributed by atoms with Crippen molar-refractivity contribution >= 4 is 22.5 Å². The van der Waals surface area contributed by atoms with E-state index in [2.05, 4.69) is 11.1 Å². The van der Waals surface area contributed by atoms with Crippen LogP contribution in [0, 0.1) is 13.8 Å². The van der Waals surface area contributed by atoms with Crippen molar-refractivity contribution in [2.75, 3.05) is 0 Å². The molecule has 3 heteroatoms. The molecule has 0 radical (unpaired) electrons. The molecule has 0 saturated carbocycles. The van der Waals surface area contributed by atoms with Gasteiger partial charge in [0.15, 0.2) is 0 Å². The largest absolute Gasteiger partial charge is 0.389 e. The minimum absolute atomic E-state index is 0.385.